The number of hydrogen-bond donors (Lipinski definition) is 0. The number of fused-ring (bicyclic) bond motifs is 1. The Balaban J connectivity index is 1.65. The molecular formula is C21H25N5O. The van der Waals surface area contributed by atoms with Crippen molar-refractivity contribution in [2.75, 3.05) is 6.54 Å². The highest BCUT2D eigenvalue weighted by atomic mass is 16.5. The van der Waals surface area contributed by atoms with E-state index in [2.05, 4.69) is 63.7 Å². The van der Waals surface area contributed by atoms with Crippen molar-refractivity contribution in [1.82, 2.24) is 25.1 Å². The van der Waals surface area contributed by atoms with E-state index in [1.807, 2.05) is 30.7 Å². The van der Waals surface area contributed by atoms with E-state index in [4.69, 9.17) is 4.74 Å². The van der Waals surface area contributed by atoms with Gasteiger partial charge in [0.1, 0.15) is 5.75 Å². The zero-order valence-electron chi connectivity index (χ0n) is 16.0. The third-order valence-electron chi connectivity index (χ3n) is 4.80. The van der Waals surface area contributed by atoms with E-state index < -0.39 is 0 Å². The molecule has 0 fully saturated rings. The van der Waals surface area contributed by atoms with E-state index in [0.29, 0.717) is 0 Å². The van der Waals surface area contributed by atoms with Gasteiger partial charge in [-0.1, -0.05) is 42.0 Å². The van der Waals surface area contributed by atoms with Crippen molar-refractivity contribution in [3.63, 3.8) is 0 Å². The van der Waals surface area contributed by atoms with Crippen LogP contribution in [-0.4, -0.2) is 37.8 Å². The highest BCUT2D eigenvalue weighted by Crippen LogP contribution is 2.32. The predicted molar refractivity (Wildman–Crippen MR) is 103 cm³/mol. The van der Waals surface area contributed by atoms with Crippen LogP contribution in [0.15, 0.2) is 48.5 Å². The molecule has 6 heteroatoms. The van der Waals surface area contributed by atoms with Gasteiger partial charge >= 0.3 is 0 Å². The number of ether oxygens (including phenoxy) is 1. The Morgan fingerprint density at radius 1 is 1.11 bits per heavy atom. The van der Waals surface area contributed by atoms with Crippen LogP contribution >= 0.6 is 0 Å². The predicted octanol–water partition coefficient (Wildman–Crippen LogP) is 3.37. The van der Waals surface area contributed by atoms with Crippen molar-refractivity contribution in [2.45, 2.75) is 46.0 Å². The van der Waals surface area contributed by atoms with Crippen LogP contribution < -0.4 is 4.74 Å². The lowest BCUT2D eigenvalue weighted by Gasteiger charge is -2.35. The topological polar surface area (TPSA) is 56.1 Å². The van der Waals surface area contributed by atoms with Gasteiger partial charge in [-0.05, 0) is 54.5 Å². The molecule has 1 aliphatic heterocycles. The van der Waals surface area contributed by atoms with Crippen LogP contribution in [0.5, 0.6) is 5.75 Å². The number of aromatic nitrogens is 4. The molecule has 0 saturated heterocycles. The fourth-order valence-corrected chi connectivity index (χ4v) is 3.66. The summed E-state index contributed by atoms with van der Waals surface area (Å²) in [6.45, 7) is 8.77. The van der Waals surface area contributed by atoms with Crippen molar-refractivity contribution in [3.8, 4) is 5.75 Å². The van der Waals surface area contributed by atoms with E-state index in [1.54, 1.807) is 0 Å². The second-order valence-electron chi connectivity index (χ2n) is 7.36. The molecule has 0 saturated carbocycles. The van der Waals surface area contributed by atoms with Crippen molar-refractivity contribution in [1.29, 1.82) is 0 Å². The van der Waals surface area contributed by atoms with Gasteiger partial charge in [0.15, 0.2) is 5.82 Å². The second kappa shape index (κ2) is 7.48. The molecule has 4 rings (SSSR count). The molecular weight excluding hydrogens is 338 g/mol. The Labute approximate surface area is 159 Å². The maximum atomic E-state index is 5.79. The number of nitrogens with zero attached hydrogens (tertiary/aromatic N) is 5. The quantitative estimate of drug-likeness (QED) is 0.696. The highest BCUT2D eigenvalue weighted by Gasteiger charge is 2.31. The minimum Gasteiger partial charge on any atom is -0.491 e. The van der Waals surface area contributed by atoms with Crippen molar-refractivity contribution in [3.05, 3.63) is 71.0 Å². The monoisotopic (exact) mass is 363 g/mol. The van der Waals surface area contributed by atoms with Crippen molar-refractivity contribution in [2.24, 2.45) is 0 Å². The summed E-state index contributed by atoms with van der Waals surface area (Å²) in [6, 6.07) is 17.0. The summed E-state index contributed by atoms with van der Waals surface area (Å²) >= 11 is 0. The van der Waals surface area contributed by atoms with E-state index in [0.717, 1.165) is 31.2 Å². The summed E-state index contributed by atoms with van der Waals surface area (Å²) in [6.07, 6.45) is 0.163. The molecule has 0 amide bonds. The van der Waals surface area contributed by atoms with Gasteiger partial charge in [0, 0.05) is 13.1 Å². The lowest BCUT2D eigenvalue weighted by Crippen LogP contribution is -2.39. The van der Waals surface area contributed by atoms with Crippen LogP contribution in [0.1, 0.15) is 42.4 Å². The minimum absolute atomic E-state index is 0.0300. The number of hydrogen-bond acceptors (Lipinski definition) is 5. The van der Waals surface area contributed by atoms with Gasteiger partial charge in [-0.2, -0.15) is 0 Å². The van der Waals surface area contributed by atoms with Gasteiger partial charge in [0.2, 0.25) is 0 Å². The van der Waals surface area contributed by atoms with Crippen LogP contribution in [0.3, 0.4) is 0 Å². The van der Waals surface area contributed by atoms with E-state index in [-0.39, 0.29) is 12.1 Å². The lowest BCUT2D eigenvalue weighted by atomic mass is 10.0. The van der Waals surface area contributed by atoms with Crippen LogP contribution in [0.2, 0.25) is 0 Å². The summed E-state index contributed by atoms with van der Waals surface area (Å²) in [4.78, 5) is 2.44. The molecule has 0 radical (unpaired) electrons. The zero-order valence-corrected chi connectivity index (χ0v) is 16.0. The zero-order chi connectivity index (χ0) is 18.8. The Bertz CT molecular complexity index is 903. The molecule has 6 nitrogen and oxygen atoms in total. The van der Waals surface area contributed by atoms with Gasteiger partial charge in [-0.15, -0.1) is 5.10 Å². The Morgan fingerprint density at radius 3 is 2.67 bits per heavy atom. The first-order valence-corrected chi connectivity index (χ1v) is 9.42. The maximum Gasteiger partial charge on any atom is 0.173 e. The molecule has 1 aliphatic rings. The first kappa shape index (κ1) is 17.7. The molecule has 3 aromatic rings. The standard InChI is InChI=1S/C21H25N5O/c1-15(2)27-19-9-7-18(8-10-19)20-21-22-23-24-26(21)12-11-25(20)14-17-6-4-5-16(3)13-17/h4-10,13,15,20H,11-12,14H2,1-3H3. The number of rotatable bonds is 5. The summed E-state index contributed by atoms with van der Waals surface area (Å²) in [5.74, 6) is 1.78. The van der Waals surface area contributed by atoms with Gasteiger partial charge in [0.25, 0.3) is 0 Å². The number of benzene rings is 2. The fraction of sp³-hybridized carbons (Fsp3) is 0.381. The van der Waals surface area contributed by atoms with Gasteiger partial charge in [0.05, 0.1) is 18.7 Å². The van der Waals surface area contributed by atoms with Crippen molar-refractivity contribution < 1.29 is 4.74 Å². The van der Waals surface area contributed by atoms with Crippen LogP contribution in [0, 0.1) is 6.92 Å². The molecule has 140 valence electrons. The molecule has 1 unspecified atom stereocenters. The Kier molecular flexibility index (Phi) is 4.90. The molecule has 2 heterocycles. The molecule has 27 heavy (non-hydrogen) atoms. The molecule has 0 aliphatic carbocycles. The normalized spacial score (nSPS) is 17.1. The number of tetrazole rings is 1. The fourth-order valence-electron chi connectivity index (χ4n) is 3.66. The van der Waals surface area contributed by atoms with Gasteiger partial charge < -0.3 is 4.74 Å². The van der Waals surface area contributed by atoms with E-state index in [1.165, 1.54) is 16.7 Å². The average Bonchev–Trinajstić information content (AvgIpc) is 3.11. The summed E-state index contributed by atoms with van der Waals surface area (Å²) < 4.78 is 7.70. The Morgan fingerprint density at radius 2 is 1.93 bits per heavy atom. The molecule has 0 spiro atoms. The third kappa shape index (κ3) is 3.85. The second-order valence-corrected chi connectivity index (χ2v) is 7.36. The molecule has 1 atom stereocenters. The minimum atomic E-state index is 0.0300. The first-order valence-electron chi connectivity index (χ1n) is 9.42. The van der Waals surface area contributed by atoms with Gasteiger partial charge in [-0.3, -0.25) is 4.90 Å². The van der Waals surface area contributed by atoms with Crippen LogP contribution in [-0.2, 0) is 13.1 Å². The Hall–Kier alpha value is -2.73. The molecule has 0 bridgehead atoms. The molecule has 0 N–H and O–H groups in total. The molecule has 2 aromatic carbocycles. The first-order chi connectivity index (χ1) is 13.1. The highest BCUT2D eigenvalue weighted by molar-refractivity contribution is 5.33. The maximum absolute atomic E-state index is 5.79. The summed E-state index contributed by atoms with van der Waals surface area (Å²) in [5.41, 5.74) is 3.76. The summed E-state index contributed by atoms with van der Waals surface area (Å²) in [7, 11) is 0. The molecule has 1 aromatic heterocycles. The smallest absolute Gasteiger partial charge is 0.173 e. The number of aryl methyl sites for hydroxylation is 1. The summed E-state index contributed by atoms with van der Waals surface area (Å²) in [5, 5.41) is 12.4. The lowest BCUT2D eigenvalue weighted by molar-refractivity contribution is 0.164. The third-order valence-corrected chi connectivity index (χ3v) is 4.80. The van der Waals surface area contributed by atoms with Crippen LogP contribution in [0.4, 0.5) is 0 Å². The van der Waals surface area contributed by atoms with E-state index in [9.17, 15) is 0 Å². The van der Waals surface area contributed by atoms with Crippen LogP contribution in [0.25, 0.3) is 0 Å². The van der Waals surface area contributed by atoms with Crippen molar-refractivity contribution >= 4 is 0 Å². The van der Waals surface area contributed by atoms with E-state index >= 15 is 0 Å². The average molecular weight is 363 g/mol. The largest absolute Gasteiger partial charge is 0.491 e. The SMILES string of the molecule is Cc1cccc(CN2CCn3nnnc3C2c2ccc(OC(C)C)cc2)c1. The van der Waals surface area contributed by atoms with Gasteiger partial charge in [-0.25, -0.2) is 4.68 Å².